The molecule has 0 aliphatic carbocycles. The van der Waals surface area contributed by atoms with Crippen LogP contribution in [0.3, 0.4) is 0 Å². The minimum atomic E-state index is -0.239. The molecule has 1 fully saturated rings. The molecule has 0 saturated carbocycles. The van der Waals surface area contributed by atoms with E-state index in [1.807, 2.05) is 18.7 Å². The molecular formula is C18H21FN4O. The third-order valence-corrected chi connectivity index (χ3v) is 4.13. The standard InChI is InChI=1S/C18H21FN4O/c1-12(2)22-18-20-9-15(10-21-18)17(24)23-8-7-14(11-23)13-3-5-16(19)6-4-13/h3-6,9-10,12,14H,7-8,11H2,1-2H3,(H,20,21,22). The van der Waals surface area contributed by atoms with Crippen LogP contribution in [0.2, 0.25) is 0 Å². The van der Waals surface area contributed by atoms with E-state index in [-0.39, 0.29) is 23.7 Å². The minimum absolute atomic E-state index is 0.0595. The van der Waals surface area contributed by atoms with Crippen LogP contribution in [0.15, 0.2) is 36.7 Å². The quantitative estimate of drug-likeness (QED) is 0.937. The van der Waals surface area contributed by atoms with Crippen LogP contribution in [0, 0.1) is 5.82 Å². The van der Waals surface area contributed by atoms with Gasteiger partial charge in [0.2, 0.25) is 5.95 Å². The molecule has 126 valence electrons. The van der Waals surface area contributed by atoms with Gasteiger partial charge in [-0.1, -0.05) is 12.1 Å². The number of carbonyl (C=O) groups is 1. The molecule has 1 N–H and O–H groups in total. The van der Waals surface area contributed by atoms with E-state index in [4.69, 9.17) is 0 Å². The number of aromatic nitrogens is 2. The Morgan fingerprint density at radius 3 is 2.54 bits per heavy atom. The topological polar surface area (TPSA) is 58.1 Å². The molecule has 1 aliphatic rings. The largest absolute Gasteiger partial charge is 0.352 e. The zero-order chi connectivity index (χ0) is 17.1. The van der Waals surface area contributed by atoms with Crippen molar-refractivity contribution in [1.82, 2.24) is 14.9 Å². The summed E-state index contributed by atoms with van der Waals surface area (Å²) < 4.78 is 13.0. The summed E-state index contributed by atoms with van der Waals surface area (Å²) in [5.41, 5.74) is 1.56. The third kappa shape index (κ3) is 3.69. The SMILES string of the molecule is CC(C)Nc1ncc(C(=O)N2CCC(c3ccc(F)cc3)C2)cn1. The summed E-state index contributed by atoms with van der Waals surface area (Å²) in [5, 5.41) is 3.10. The van der Waals surface area contributed by atoms with Crippen molar-refractivity contribution in [1.29, 1.82) is 0 Å². The first kappa shape index (κ1) is 16.4. The van der Waals surface area contributed by atoms with Crippen LogP contribution >= 0.6 is 0 Å². The van der Waals surface area contributed by atoms with Gasteiger partial charge in [0.1, 0.15) is 5.82 Å². The maximum atomic E-state index is 13.0. The number of hydrogen-bond acceptors (Lipinski definition) is 4. The number of hydrogen-bond donors (Lipinski definition) is 1. The molecule has 6 heteroatoms. The number of amides is 1. The Bertz CT molecular complexity index is 700. The lowest BCUT2D eigenvalue weighted by Crippen LogP contribution is -2.28. The number of benzene rings is 1. The highest BCUT2D eigenvalue weighted by Gasteiger charge is 2.28. The zero-order valence-electron chi connectivity index (χ0n) is 13.9. The number of anilines is 1. The fraction of sp³-hybridized carbons (Fsp3) is 0.389. The molecule has 0 radical (unpaired) electrons. The molecule has 2 heterocycles. The molecule has 0 bridgehead atoms. The molecule has 0 spiro atoms. The van der Waals surface area contributed by atoms with Crippen molar-refractivity contribution in [2.24, 2.45) is 0 Å². The Kier molecular flexibility index (Phi) is 4.74. The van der Waals surface area contributed by atoms with E-state index in [0.29, 0.717) is 24.6 Å². The van der Waals surface area contributed by atoms with Crippen molar-refractivity contribution in [3.8, 4) is 0 Å². The Balaban J connectivity index is 1.64. The van der Waals surface area contributed by atoms with E-state index in [1.54, 1.807) is 24.5 Å². The average molecular weight is 328 g/mol. The van der Waals surface area contributed by atoms with Crippen LogP contribution in [-0.2, 0) is 0 Å². The van der Waals surface area contributed by atoms with Crippen LogP contribution in [0.1, 0.15) is 42.1 Å². The van der Waals surface area contributed by atoms with Crippen molar-refractivity contribution < 1.29 is 9.18 Å². The van der Waals surface area contributed by atoms with Crippen molar-refractivity contribution in [2.75, 3.05) is 18.4 Å². The maximum Gasteiger partial charge on any atom is 0.257 e. The second kappa shape index (κ2) is 6.95. The normalized spacial score (nSPS) is 17.3. The molecule has 1 aliphatic heterocycles. The van der Waals surface area contributed by atoms with Crippen LogP contribution in [0.5, 0.6) is 0 Å². The molecule has 1 saturated heterocycles. The van der Waals surface area contributed by atoms with Crippen molar-refractivity contribution in [2.45, 2.75) is 32.2 Å². The minimum Gasteiger partial charge on any atom is -0.352 e. The fourth-order valence-corrected chi connectivity index (χ4v) is 2.91. The van der Waals surface area contributed by atoms with Gasteiger partial charge in [0.15, 0.2) is 0 Å². The maximum absolute atomic E-state index is 13.0. The molecule has 1 atom stereocenters. The van der Waals surface area contributed by atoms with Crippen LogP contribution in [0.4, 0.5) is 10.3 Å². The zero-order valence-corrected chi connectivity index (χ0v) is 13.9. The molecular weight excluding hydrogens is 307 g/mol. The number of halogens is 1. The number of carbonyl (C=O) groups excluding carboxylic acids is 1. The first-order valence-corrected chi connectivity index (χ1v) is 8.16. The van der Waals surface area contributed by atoms with Gasteiger partial charge in [0, 0.05) is 37.4 Å². The summed E-state index contributed by atoms with van der Waals surface area (Å²) in [7, 11) is 0. The van der Waals surface area contributed by atoms with Gasteiger partial charge < -0.3 is 10.2 Å². The molecule has 1 amide bonds. The van der Waals surface area contributed by atoms with E-state index < -0.39 is 0 Å². The molecule has 1 unspecified atom stereocenters. The molecule has 3 rings (SSSR count). The predicted molar refractivity (Wildman–Crippen MR) is 90.5 cm³/mol. The number of likely N-dealkylation sites (tertiary alicyclic amines) is 1. The highest BCUT2D eigenvalue weighted by molar-refractivity contribution is 5.94. The van der Waals surface area contributed by atoms with E-state index >= 15 is 0 Å². The third-order valence-electron chi connectivity index (χ3n) is 4.13. The lowest BCUT2D eigenvalue weighted by Gasteiger charge is -2.17. The molecule has 5 nitrogen and oxygen atoms in total. The molecule has 24 heavy (non-hydrogen) atoms. The fourth-order valence-electron chi connectivity index (χ4n) is 2.91. The first-order chi connectivity index (χ1) is 11.5. The van der Waals surface area contributed by atoms with E-state index in [9.17, 15) is 9.18 Å². The van der Waals surface area contributed by atoms with Gasteiger partial charge in [-0.3, -0.25) is 4.79 Å². The van der Waals surface area contributed by atoms with Crippen LogP contribution in [0.25, 0.3) is 0 Å². The lowest BCUT2D eigenvalue weighted by molar-refractivity contribution is 0.0790. The van der Waals surface area contributed by atoms with Gasteiger partial charge in [-0.05, 0) is 38.0 Å². The van der Waals surface area contributed by atoms with Crippen LogP contribution < -0.4 is 5.32 Å². The summed E-state index contributed by atoms with van der Waals surface area (Å²) in [6, 6.07) is 6.76. The van der Waals surface area contributed by atoms with Gasteiger partial charge in [-0.25, -0.2) is 14.4 Å². The summed E-state index contributed by atoms with van der Waals surface area (Å²) in [6.07, 6.45) is 4.00. The van der Waals surface area contributed by atoms with Crippen molar-refractivity contribution >= 4 is 11.9 Å². The van der Waals surface area contributed by atoms with Gasteiger partial charge >= 0.3 is 0 Å². The van der Waals surface area contributed by atoms with Crippen LogP contribution in [-0.4, -0.2) is 39.9 Å². The highest BCUT2D eigenvalue weighted by atomic mass is 19.1. The van der Waals surface area contributed by atoms with Crippen molar-refractivity contribution in [3.63, 3.8) is 0 Å². The average Bonchev–Trinajstić information content (AvgIpc) is 3.05. The summed E-state index contributed by atoms with van der Waals surface area (Å²) >= 11 is 0. The van der Waals surface area contributed by atoms with Gasteiger partial charge in [0.25, 0.3) is 5.91 Å². The number of nitrogens with one attached hydrogen (secondary N) is 1. The molecule has 1 aromatic heterocycles. The van der Waals surface area contributed by atoms with Gasteiger partial charge in [0.05, 0.1) is 5.56 Å². The Labute approximate surface area is 140 Å². The Morgan fingerprint density at radius 1 is 1.25 bits per heavy atom. The number of nitrogens with zero attached hydrogens (tertiary/aromatic N) is 3. The molecule has 2 aromatic rings. The van der Waals surface area contributed by atoms with E-state index in [2.05, 4.69) is 15.3 Å². The summed E-state index contributed by atoms with van der Waals surface area (Å²) in [6.45, 7) is 5.33. The highest BCUT2D eigenvalue weighted by Crippen LogP contribution is 2.28. The second-order valence-corrected chi connectivity index (χ2v) is 6.38. The second-order valence-electron chi connectivity index (χ2n) is 6.38. The van der Waals surface area contributed by atoms with E-state index in [0.717, 1.165) is 12.0 Å². The predicted octanol–water partition coefficient (Wildman–Crippen LogP) is 3.07. The van der Waals surface area contributed by atoms with Gasteiger partial charge in [-0.2, -0.15) is 0 Å². The van der Waals surface area contributed by atoms with Gasteiger partial charge in [-0.15, -0.1) is 0 Å². The summed E-state index contributed by atoms with van der Waals surface area (Å²) in [5.74, 6) is 0.470. The monoisotopic (exact) mass is 328 g/mol. The number of rotatable bonds is 4. The summed E-state index contributed by atoms with van der Waals surface area (Å²) in [4.78, 5) is 22.8. The molecule has 1 aromatic carbocycles. The Morgan fingerprint density at radius 2 is 1.92 bits per heavy atom. The smallest absolute Gasteiger partial charge is 0.257 e. The Hall–Kier alpha value is -2.50. The van der Waals surface area contributed by atoms with Crippen molar-refractivity contribution in [3.05, 3.63) is 53.6 Å². The lowest BCUT2D eigenvalue weighted by atomic mass is 9.99. The first-order valence-electron chi connectivity index (χ1n) is 8.16. The van der Waals surface area contributed by atoms with E-state index in [1.165, 1.54) is 12.1 Å².